The second-order valence-corrected chi connectivity index (χ2v) is 19.6. The van der Waals surface area contributed by atoms with Crippen LogP contribution >= 0.6 is 0 Å². The molecular formula is C67H52N4. The van der Waals surface area contributed by atoms with Gasteiger partial charge in [0.05, 0.1) is 40.0 Å². The molecule has 71 heavy (non-hydrogen) atoms. The van der Waals surface area contributed by atoms with Gasteiger partial charge in [0, 0.05) is 33.9 Å². The van der Waals surface area contributed by atoms with Crippen LogP contribution in [0.4, 0.5) is 5.69 Å². The Balaban J connectivity index is 1.26. The first-order chi connectivity index (χ1) is 34.5. The maximum atomic E-state index is 8.86. The van der Waals surface area contributed by atoms with Crippen LogP contribution in [0, 0.1) is 55.0 Å². The SMILES string of the molecule is [C-]#[N+]c1cc(-n2c3cc(-c4ccc(C)cc4C)ccc3c3ccc(-c4ccc(C)cc4C)cc32)c(-n2c3cc(-c4ccccc4C)ccc3c3ccc(-c4ccc(C)cc4C)cc32)cc1-c1ccncc1. The molecule has 9 aromatic carbocycles. The predicted octanol–water partition coefficient (Wildman–Crippen LogP) is 18.3. The number of nitrogens with zero attached hydrogens (tertiary/aromatic N) is 4. The Kier molecular flexibility index (Phi) is 10.4. The minimum absolute atomic E-state index is 0.568. The van der Waals surface area contributed by atoms with E-state index >= 15 is 0 Å². The van der Waals surface area contributed by atoms with Gasteiger partial charge in [-0.15, -0.1) is 0 Å². The molecule has 0 aliphatic heterocycles. The van der Waals surface area contributed by atoms with Crippen molar-refractivity contribution >= 4 is 49.3 Å². The summed E-state index contributed by atoms with van der Waals surface area (Å²) in [5.41, 5.74) is 26.6. The molecule has 4 nitrogen and oxygen atoms in total. The topological polar surface area (TPSA) is 27.1 Å². The quantitative estimate of drug-likeness (QED) is 0.146. The van der Waals surface area contributed by atoms with Gasteiger partial charge in [-0.25, -0.2) is 4.85 Å². The second kappa shape index (κ2) is 17.0. The van der Waals surface area contributed by atoms with Crippen molar-refractivity contribution in [1.29, 1.82) is 0 Å². The Hall–Kier alpha value is -8.78. The van der Waals surface area contributed by atoms with Gasteiger partial charge < -0.3 is 9.13 Å². The van der Waals surface area contributed by atoms with E-state index in [4.69, 9.17) is 6.57 Å². The number of fused-ring (bicyclic) bond motifs is 6. The number of aromatic nitrogens is 3. The fourth-order valence-electron chi connectivity index (χ4n) is 11.3. The molecule has 0 spiro atoms. The van der Waals surface area contributed by atoms with E-state index in [-0.39, 0.29) is 0 Å². The van der Waals surface area contributed by atoms with Gasteiger partial charge in [-0.2, -0.15) is 0 Å². The lowest BCUT2D eigenvalue weighted by molar-refractivity contribution is 1.10. The third kappa shape index (κ3) is 7.32. The molecule has 0 saturated carbocycles. The Morgan fingerprint density at radius 3 is 1.10 bits per heavy atom. The first kappa shape index (κ1) is 43.5. The van der Waals surface area contributed by atoms with Crippen LogP contribution in [-0.2, 0) is 0 Å². The fourth-order valence-corrected chi connectivity index (χ4v) is 11.3. The van der Waals surface area contributed by atoms with Crippen LogP contribution in [0.5, 0.6) is 0 Å². The molecule has 4 heteroatoms. The van der Waals surface area contributed by atoms with Crippen LogP contribution in [0.15, 0.2) is 188 Å². The van der Waals surface area contributed by atoms with E-state index in [1.807, 2.05) is 24.5 Å². The molecule has 0 bridgehead atoms. The summed E-state index contributed by atoms with van der Waals surface area (Å²) >= 11 is 0. The summed E-state index contributed by atoms with van der Waals surface area (Å²) in [5.74, 6) is 0. The number of benzene rings is 9. The van der Waals surface area contributed by atoms with Crippen LogP contribution < -0.4 is 0 Å². The maximum absolute atomic E-state index is 8.86. The molecule has 0 amide bonds. The molecule has 340 valence electrons. The van der Waals surface area contributed by atoms with Crippen LogP contribution in [0.3, 0.4) is 0 Å². The Morgan fingerprint density at radius 2 is 0.718 bits per heavy atom. The molecule has 0 unspecified atom stereocenters. The molecule has 0 fully saturated rings. The fraction of sp³-hybridized carbons (Fsp3) is 0.104. The summed E-state index contributed by atoms with van der Waals surface area (Å²) in [7, 11) is 0. The third-order valence-corrected chi connectivity index (χ3v) is 14.8. The second-order valence-electron chi connectivity index (χ2n) is 19.6. The molecule has 0 atom stereocenters. The van der Waals surface area contributed by atoms with E-state index < -0.39 is 0 Å². The summed E-state index contributed by atoms with van der Waals surface area (Å²) in [4.78, 5) is 8.74. The third-order valence-electron chi connectivity index (χ3n) is 14.8. The largest absolute Gasteiger partial charge is 0.308 e. The van der Waals surface area contributed by atoms with Crippen LogP contribution in [0.2, 0.25) is 0 Å². The monoisotopic (exact) mass is 912 g/mol. The van der Waals surface area contributed by atoms with E-state index in [0.29, 0.717) is 5.69 Å². The van der Waals surface area contributed by atoms with Gasteiger partial charge in [0.1, 0.15) is 0 Å². The highest BCUT2D eigenvalue weighted by Gasteiger charge is 2.24. The van der Waals surface area contributed by atoms with E-state index in [9.17, 15) is 0 Å². The van der Waals surface area contributed by atoms with Crippen molar-refractivity contribution in [3.63, 3.8) is 0 Å². The summed E-state index contributed by atoms with van der Waals surface area (Å²) in [6.07, 6.45) is 3.63. The highest BCUT2D eigenvalue weighted by molar-refractivity contribution is 6.14. The van der Waals surface area contributed by atoms with Gasteiger partial charge in [0.15, 0.2) is 5.69 Å². The minimum Gasteiger partial charge on any atom is -0.308 e. The van der Waals surface area contributed by atoms with Gasteiger partial charge in [0.25, 0.3) is 0 Å². The normalized spacial score (nSPS) is 11.6. The summed E-state index contributed by atoms with van der Waals surface area (Å²) in [6, 6.07) is 65.0. The molecule has 0 aliphatic rings. The predicted molar refractivity (Wildman–Crippen MR) is 300 cm³/mol. The van der Waals surface area contributed by atoms with Crippen molar-refractivity contribution in [3.8, 4) is 67.0 Å². The van der Waals surface area contributed by atoms with Crippen molar-refractivity contribution in [2.75, 3.05) is 0 Å². The van der Waals surface area contributed by atoms with Crippen LogP contribution in [0.25, 0.3) is 115 Å². The zero-order valence-corrected chi connectivity index (χ0v) is 41.2. The number of rotatable bonds is 7. The highest BCUT2D eigenvalue weighted by Crippen LogP contribution is 2.46. The number of pyridine rings is 1. The molecule has 0 radical (unpaired) electrons. The molecule has 3 aromatic heterocycles. The zero-order chi connectivity index (χ0) is 48.7. The summed E-state index contributed by atoms with van der Waals surface area (Å²) in [5, 5.41) is 4.62. The molecule has 0 saturated heterocycles. The van der Waals surface area contributed by atoms with E-state index in [1.54, 1.807) is 0 Å². The first-order valence-electron chi connectivity index (χ1n) is 24.4. The van der Waals surface area contributed by atoms with Crippen molar-refractivity contribution in [1.82, 2.24) is 14.1 Å². The van der Waals surface area contributed by atoms with Gasteiger partial charge in [-0.05, 0) is 175 Å². The number of hydrogen-bond acceptors (Lipinski definition) is 1. The van der Waals surface area contributed by atoms with E-state index in [1.165, 1.54) is 61.2 Å². The number of aryl methyl sites for hydroxylation is 7. The van der Waals surface area contributed by atoms with Gasteiger partial charge in [0.2, 0.25) is 0 Å². The van der Waals surface area contributed by atoms with Crippen LogP contribution in [-0.4, -0.2) is 14.1 Å². The molecule has 3 heterocycles. The summed E-state index contributed by atoms with van der Waals surface area (Å²) in [6.45, 7) is 24.1. The lowest BCUT2D eigenvalue weighted by Crippen LogP contribution is -2.05. The summed E-state index contributed by atoms with van der Waals surface area (Å²) < 4.78 is 4.93. The first-order valence-corrected chi connectivity index (χ1v) is 24.4. The average molecular weight is 913 g/mol. The standard InChI is InChI=1S/C67H52N4/c1-40-13-20-53(44(5)31-40)49-17-24-57-56-23-16-48(52-12-10-9-11-43(52)4)34-62(56)70(63(57)35-49)66-38-60(47-27-29-69-30-28-47)61(68-8)39-67(66)71-64-36-50(54-21-14-41(2)32-45(54)6)18-25-58(64)59-26-19-51(37-65(59)71)55-22-15-42(3)33-46(55)7/h9-39H,1-7H3. The van der Waals surface area contributed by atoms with E-state index in [0.717, 1.165) is 88.4 Å². The van der Waals surface area contributed by atoms with Crippen LogP contribution in [0.1, 0.15) is 38.9 Å². The molecule has 0 aliphatic carbocycles. The highest BCUT2D eigenvalue weighted by atomic mass is 15.1. The molecular weight excluding hydrogens is 861 g/mol. The maximum Gasteiger partial charge on any atom is 0.197 e. The van der Waals surface area contributed by atoms with Gasteiger partial charge in [-0.1, -0.05) is 144 Å². The minimum atomic E-state index is 0.568. The average Bonchev–Trinajstić information content (AvgIpc) is 3.87. The van der Waals surface area contributed by atoms with Crippen molar-refractivity contribution < 1.29 is 0 Å². The Labute approximate surface area is 415 Å². The molecule has 12 rings (SSSR count). The smallest absolute Gasteiger partial charge is 0.197 e. The Morgan fingerprint density at radius 1 is 0.338 bits per heavy atom. The van der Waals surface area contributed by atoms with E-state index in [2.05, 4.69) is 231 Å². The van der Waals surface area contributed by atoms with Crippen molar-refractivity contribution in [3.05, 3.63) is 239 Å². The molecule has 12 aromatic rings. The van der Waals surface area contributed by atoms with Crippen molar-refractivity contribution in [2.45, 2.75) is 48.5 Å². The lowest BCUT2D eigenvalue weighted by atomic mass is 9.96. The molecule has 0 N–H and O–H groups in total. The number of hydrogen-bond donors (Lipinski definition) is 0. The zero-order valence-electron chi connectivity index (χ0n) is 41.2. The van der Waals surface area contributed by atoms with Gasteiger partial charge in [-0.3, -0.25) is 4.98 Å². The Bertz CT molecular complexity index is 4090. The van der Waals surface area contributed by atoms with Gasteiger partial charge >= 0.3 is 0 Å². The lowest BCUT2D eigenvalue weighted by Gasteiger charge is -2.20. The van der Waals surface area contributed by atoms with Crippen molar-refractivity contribution in [2.24, 2.45) is 0 Å².